The van der Waals surface area contributed by atoms with Gasteiger partial charge in [-0.1, -0.05) is 6.07 Å². The Morgan fingerprint density at radius 2 is 1.76 bits per heavy atom. The number of aromatic nitrogens is 2. The molecule has 2 amide bonds. The van der Waals surface area contributed by atoms with Gasteiger partial charge in [-0.05, 0) is 69.2 Å². The molecule has 11 nitrogen and oxygen atoms in total. The Morgan fingerprint density at radius 3 is 2.39 bits per heavy atom. The number of ether oxygens (including phenoxy) is 1. The summed E-state index contributed by atoms with van der Waals surface area (Å²) in [4.78, 5) is 37.5. The minimum Gasteiger partial charge on any atom is -0.444 e. The fraction of sp³-hybridized carbons (Fsp3) is 0.345. The van der Waals surface area contributed by atoms with Crippen LogP contribution in [0.25, 0.3) is 11.1 Å². The van der Waals surface area contributed by atoms with Crippen LogP contribution in [0.4, 0.5) is 16.3 Å². The van der Waals surface area contributed by atoms with E-state index in [2.05, 4.69) is 21.4 Å². The first-order valence-electron chi connectivity index (χ1n) is 13.0. The Bertz CT molecular complexity index is 1630. The first-order valence-corrected chi connectivity index (χ1v) is 14.9. The summed E-state index contributed by atoms with van der Waals surface area (Å²) in [5.41, 5.74) is 2.75. The van der Waals surface area contributed by atoms with Gasteiger partial charge in [0.05, 0.1) is 5.56 Å². The van der Waals surface area contributed by atoms with E-state index in [1.54, 1.807) is 35.4 Å². The molecule has 3 aromatic rings. The number of hydrogen-bond donors (Lipinski definition) is 1. The molecule has 0 spiro atoms. The van der Waals surface area contributed by atoms with Gasteiger partial charge in [0.2, 0.25) is 0 Å². The molecule has 0 bridgehead atoms. The first-order chi connectivity index (χ1) is 19.2. The number of carbonyl (C=O) groups excluding carboxylic acids is 2. The lowest BCUT2D eigenvalue weighted by molar-refractivity contribution is 0.0240. The maximum atomic E-state index is 13.0. The maximum Gasteiger partial charge on any atom is 0.410 e. The number of pyridine rings is 2. The molecule has 12 heteroatoms. The highest BCUT2D eigenvalue weighted by Crippen LogP contribution is 2.29. The summed E-state index contributed by atoms with van der Waals surface area (Å²) in [6.07, 6.45) is 3.67. The molecule has 1 aliphatic rings. The van der Waals surface area contributed by atoms with E-state index in [1.165, 1.54) is 18.3 Å². The van der Waals surface area contributed by atoms with Crippen LogP contribution in [0.15, 0.2) is 53.8 Å². The highest BCUT2D eigenvalue weighted by atomic mass is 32.2. The Labute approximate surface area is 239 Å². The number of aryl methyl sites for hydroxylation is 1. The van der Waals surface area contributed by atoms with Gasteiger partial charge >= 0.3 is 6.09 Å². The number of hydrogen-bond acceptors (Lipinski definition) is 9. The lowest BCUT2D eigenvalue weighted by Crippen LogP contribution is -2.50. The number of carbonyl (C=O) groups is 2. The zero-order chi connectivity index (χ0) is 29.9. The number of nitrogens with zero attached hydrogens (tertiary/aromatic N) is 5. The second kappa shape index (κ2) is 11.5. The number of rotatable bonds is 5. The van der Waals surface area contributed by atoms with Gasteiger partial charge in [0.15, 0.2) is 14.9 Å². The second-order valence-corrected chi connectivity index (χ2v) is 12.8. The second-order valence-electron chi connectivity index (χ2n) is 10.8. The van der Waals surface area contributed by atoms with Crippen molar-refractivity contribution in [3.8, 4) is 17.2 Å². The Morgan fingerprint density at radius 1 is 1.05 bits per heavy atom. The van der Waals surface area contributed by atoms with E-state index < -0.39 is 21.3 Å². The third-order valence-electron chi connectivity index (χ3n) is 6.40. The number of nitriles is 1. The van der Waals surface area contributed by atoms with Crippen LogP contribution >= 0.6 is 0 Å². The van der Waals surface area contributed by atoms with Gasteiger partial charge in [0.25, 0.3) is 5.91 Å². The van der Waals surface area contributed by atoms with Gasteiger partial charge in [-0.3, -0.25) is 4.79 Å². The normalized spacial score (nSPS) is 13.9. The van der Waals surface area contributed by atoms with E-state index >= 15 is 0 Å². The minimum atomic E-state index is -3.53. The van der Waals surface area contributed by atoms with Crippen LogP contribution in [0.1, 0.15) is 42.3 Å². The van der Waals surface area contributed by atoms with Crippen LogP contribution in [0.5, 0.6) is 0 Å². The summed E-state index contributed by atoms with van der Waals surface area (Å²) in [6, 6.07) is 12.0. The molecule has 1 N–H and O–H groups in total. The zero-order valence-electron chi connectivity index (χ0n) is 23.6. The third-order valence-corrected chi connectivity index (χ3v) is 7.38. The van der Waals surface area contributed by atoms with E-state index in [4.69, 9.17) is 4.74 Å². The van der Waals surface area contributed by atoms with Crippen molar-refractivity contribution in [1.29, 1.82) is 5.26 Å². The zero-order valence-corrected chi connectivity index (χ0v) is 24.4. The molecule has 214 valence electrons. The average molecular weight is 577 g/mol. The summed E-state index contributed by atoms with van der Waals surface area (Å²) >= 11 is 0. The van der Waals surface area contributed by atoms with Crippen molar-refractivity contribution in [3.05, 3.63) is 65.5 Å². The van der Waals surface area contributed by atoms with Gasteiger partial charge in [-0.25, -0.2) is 23.2 Å². The molecular weight excluding hydrogens is 544 g/mol. The molecule has 0 saturated carbocycles. The predicted octanol–water partition coefficient (Wildman–Crippen LogP) is 4.04. The maximum absolute atomic E-state index is 13.0. The van der Waals surface area contributed by atoms with Crippen molar-refractivity contribution >= 4 is 33.3 Å². The number of amides is 2. The lowest BCUT2D eigenvalue weighted by Gasteiger charge is -2.36. The molecule has 0 atom stereocenters. The fourth-order valence-electron chi connectivity index (χ4n) is 4.33. The van der Waals surface area contributed by atoms with E-state index in [0.717, 1.165) is 17.4 Å². The van der Waals surface area contributed by atoms with Gasteiger partial charge in [-0.15, -0.1) is 0 Å². The van der Waals surface area contributed by atoms with Crippen LogP contribution in [0.2, 0.25) is 0 Å². The van der Waals surface area contributed by atoms with Gasteiger partial charge in [0.1, 0.15) is 17.5 Å². The van der Waals surface area contributed by atoms with Crippen molar-refractivity contribution in [2.45, 2.75) is 38.3 Å². The van der Waals surface area contributed by atoms with Crippen molar-refractivity contribution < 1.29 is 22.7 Å². The molecule has 1 aromatic carbocycles. The van der Waals surface area contributed by atoms with Gasteiger partial charge in [0, 0.05) is 61.6 Å². The molecular formula is C29H32N6O5S. The molecule has 3 heterocycles. The Kier molecular flexibility index (Phi) is 8.30. The highest BCUT2D eigenvalue weighted by molar-refractivity contribution is 7.90. The molecule has 0 radical (unpaired) electrons. The largest absolute Gasteiger partial charge is 0.444 e. The molecule has 41 heavy (non-hydrogen) atoms. The quantitative estimate of drug-likeness (QED) is 0.475. The summed E-state index contributed by atoms with van der Waals surface area (Å²) in [6.45, 7) is 9.28. The van der Waals surface area contributed by atoms with Crippen LogP contribution in [-0.2, 0) is 14.6 Å². The third kappa shape index (κ3) is 7.18. The van der Waals surface area contributed by atoms with E-state index in [9.17, 15) is 23.3 Å². The van der Waals surface area contributed by atoms with Crippen molar-refractivity contribution in [1.82, 2.24) is 14.9 Å². The molecule has 1 aliphatic heterocycles. The molecule has 1 saturated heterocycles. The van der Waals surface area contributed by atoms with E-state index in [0.29, 0.717) is 54.4 Å². The number of piperazine rings is 1. The summed E-state index contributed by atoms with van der Waals surface area (Å²) < 4.78 is 29.1. The molecule has 1 fully saturated rings. The average Bonchev–Trinajstić information content (AvgIpc) is 2.92. The van der Waals surface area contributed by atoms with Crippen LogP contribution in [0.3, 0.4) is 0 Å². The number of sulfone groups is 1. The smallest absolute Gasteiger partial charge is 0.410 e. The minimum absolute atomic E-state index is 0.138. The first kappa shape index (κ1) is 29.5. The number of anilines is 2. The topological polar surface area (TPSA) is 146 Å². The summed E-state index contributed by atoms with van der Waals surface area (Å²) in [5, 5.41) is 12.5. The van der Waals surface area contributed by atoms with Crippen molar-refractivity contribution in [3.63, 3.8) is 0 Å². The lowest BCUT2D eigenvalue weighted by atomic mass is 9.98. The van der Waals surface area contributed by atoms with E-state index in [-0.39, 0.29) is 11.1 Å². The van der Waals surface area contributed by atoms with Gasteiger partial charge in [-0.2, -0.15) is 5.26 Å². The molecule has 0 unspecified atom stereocenters. The van der Waals surface area contributed by atoms with Crippen LogP contribution < -0.4 is 10.2 Å². The van der Waals surface area contributed by atoms with Crippen molar-refractivity contribution in [2.75, 3.05) is 42.7 Å². The molecule has 2 aromatic heterocycles. The number of nitrogens with one attached hydrogen (secondary N) is 1. The van der Waals surface area contributed by atoms with E-state index in [1.807, 2.05) is 32.6 Å². The number of benzene rings is 1. The van der Waals surface area contributed by atoms with Gasteiger partial charge < -0.3 is 19.9 Å². The van der Waals surface area contributed by atoms with Crippen molar-refractivity contribution in [2.24, 2.45) is 0 Å². The molecule has 4 rings (SSSR count). The fourth-order valence-corrected chi connectivity index (χ4v) is 4.93. The summed E-state index contributed by atoms with van der Waals surface area (Å²) in [5.74, 6) is 0.107. The van der Waals surface area contributed by atoms with Crippen LogP contribution in [0, 0.1) is 18.3 Å². The predicted molar refractivity (Wildman–Crippen MR) is 154 cm³/mol. The monoisotopic (exact) mass is 576 g/mol. The Balaban J connectivity index is 1.52. The highest BCUT2D eigenvalue weighted by Gasteiger charge is 2.27. The van der Waals surface area contributed by atoms with Crippen LogP contribution in [-0.4, -0.2) is 73.3 Å². The standard InChI is InChI=1S/C29H32N6O5S/c1-19-6-7-20(27(36)33-23-8-9-31-25(16-23)41(5,38)39)15-24(19)22-14-21(17-30)26(32-18-22)34-10-12-35(13-11-34)28(37)40-29(2,3)4/h6-9,14-16,18H,10-13H2,1-5H3,(H,31,33,36). The molecule has 0 aliphatic carbocycles. The Hall–Kier alpha value is -4.50. The summed E-state index contributed by atoms with van der Waals surface area (Å²) in [7, 11) is -3.53. The SMILES string of the molecule is Cc1ccc(C(=O)Nc2ccnc(S(C)(=O)=O)c2)cc1-c1cnc(N2CCN(C(=O)OC(C)(C)C)CC2)c(C#N)c1.